The SMILES string of the molecule is CCc1cccc(C2=CC3COCC(C2)N3C(=O)OCc2ccccc2)c1. The molecule has 2 bridgehead atoms. The first kappa shape index (κ1) is 17.8. The number of aryl methyl sites for hydroxylation is 1. The Labute approximate surface area is 160 Å². The smallest absolute Gasteiger partial charge is 0.411 e. The third-order valence-corrected chi connectivity index (χ3v) is 5.32. The molecule has 0 radical (unpaired) electrons. The van der Waals surface area contributed by atoms with Crippen molar-refractivity contribution in [3.05, 3.63) is 77.4 Å². The van der Waals surface area contributed by atoms with Crippen molar-refractivity contribution in [2.24, 2.45) is 0 Å². The molecule has 4 rings (SSSR count). The van der Waals surface area contributed by atoms with E-state index in [-0.39, 0.29) is 18.2 Å². The van der Waals surface area contributed by atoms with Crippen LogP contribution < -0.4 is 0 Å². The average Bonchev–Trinajstić information content (AvgIpc) is 2.72. The molecule has 0 saturated carbocycles. The first-order valence-corrected chi connectivity index (χ1v) is 9.61. The minimum atomic E-state index is -0.255. The van der Waals surface area contributed by atoms with E-state index in [1.165, 1.54) is 16.7 Å². The standard InChI is InChI=1S/C23H25NO3/c1-2-17-9-6-10-19(11-17)20-12-21-15-26-16-22(13-20)24(21)23(25)27-14-18-7-4-3-5-8-18/h3-12,21-22H,2,13-16H2,1H3. The normalized spacial score (nSPS) is 21.5. The second-order valence-corrected chi connectivity index (χ2v) is 7.16. The lowest BCUT2D eigenvalue weighted by atomic mass is 9.89. The highest BCUT2D eigenvalue weighted by atomic mass is 16.6. The highest BCUT2D eigenvalue weighted by Crippen LogP contribution is 2.33. The van der Waals surface area contributed by atoms with Crippen molar-refractivity contribution in [1.29, 1.82) is 0 Å². The fraction of sp³-hybridized carbons (Fsp3) is 0.348. The van der Waals surface area contributed by atoms with Gasteiger partial charge >= 0.3 is 6.09 Å². The van der Waals surface area contributed by atoms with Crippen LogP contribution in [0.4, 0.5) is 4.79 Å². The molecule has 1 amide bonds. The molecule has 140 valence electrons. The van der Waals surface area contributed by atoms with Crippen molar-refractivity contribution in [1.82, 2.24) is 4.90 Å². The van der Waals surface area contributed by atoms with E-state index >= 15 is 0 Å². The molecule has 2 aliphatic rings. The minimum absolute atomic E-state index is 0.0253. The van der Waals surface area contributed by atoms with Crippen molar-refractivity contribution in [2.45, 2.75) is 38.5 Å². The molecule has 4 nitrogen and oxygen atoms in total. The summed E-state index contributed by atoms with van der Waals surface area (Å²) in [5, 5.41) is 0. The number of amides is 1. The van der Waals surface area contributed by atoms with E-state index in [9.17, 15) is 4.79 Å². The Morgan fingerprint density at radius 2 is 1.93 bits per heavy atom. The van der Waals surface area contributed by atoms with E-state index < -0.39 is 0 Å². The fourth-order valence-corrected chi connectivity index (χ4v) is 3.88. The van der Waals surface area contributed by atoms with Crippen molar-refractivity contribution >= 4 is 11.7 Å². The third-order valence-electron chi connectivity index (χ3n) is 5.32. The zero-order valence-corrected chi connectivity index (χ0v) is 15.6. The Balaban J connectivity index is 1.50. The lowest BCUT2D eigenvalue weighted by molar-refractivity contribution is -0.0342. The Morgan fingerprint density at radius 1 is 1.11 bits per heavy atom. The monoisotopic (exact) mass is 363 g/mol. The molecule has 2 heterocycles. The van der Waals surface area contributed by atoms with Crippen molar-refractivity contribution in [3.63, 3.8) is 0 Å². The minimum Gasteiger partial charge on any atom is -0.445 e. The first-order chi connectivity index (χ1) is 13.2. The number of carbonyl (C=O) groups is 1. The van der Waals surface area contributed by atoms with Gasteiger partial charge in [-0.05, 0) is 35.1 Å². The maximum atomic E-state index is 12.7. The highest BCUT2D eigenvalue weighted by molar-refractivity contribution is 5.74. The maximum Gasteiger partial charge on any atom is 0.411 e. The van der Waals surface area contributed by atoms with Gasteiger partial charge in [-0.25, -0.2) is 4.79 Å². The average molecular weight is 363 g/mol. The number of rotatable bonds is 4. The van der Waals surface area contributed by atoms with Gasteiger partial charge in [0.15, 0.2) is 0 Å². The Bertz CT molecular complexity index is 831. The molecular weight excluding hydrogens is 338 g/mol. The van der Waals surface area contributed by atoms with Crippen LogP contribution in [0.3, 0.4) is 0 Å². The molecule has 1 saturated heterocycles. The lowest BCUT2D eigenvalue weighted by Crippen LogP contribution is -2.56. The number of carbonyl (C=O) groups excluding carboxylic acids is 1. The van der Waals surface area contributed by atoms with Gasteiger partial charge < -0.3 is 9.47 Å². The fourth-order valence-electron chi connectivity index (χ4n) is 3.88. The van der Waals surface area contributed by atoms with E-state index in [1.54, 1.807) is 0 Å². The van der Waals surface area contributed by atoms with Gasteiger partial charge in [-0.2, -0.15) is 0 Å². The first-order valence-electron chi connectivity index (χ1n) is 9.61. The molecular formula is C23H25NO3. The van der Waals surface area contributed by atoms with Gasteiger partial charge in [-0.1, -0.05) is 67.6 Å². The Hall–Kier alpha value is -2.59. The molecule has 0 spiro atoms. The van der Waals surface area contributed by atoms with Crippen LogP contribution in [0.1, 0.15) is 30.0 Å². The van der Waals surface area contributed by atoms with Crippen molar-refractivity contribution in [3.8, 4) is 0 Å². The Morgan fingerprint density at radius 3 is 2.70 bits per heavy atom. The van der Waals surface area contributed by atoms with Crippen LogP contribution in [-0.4, -0.2) is 36.3 Å². The number of morpholine rings is 1. The van der Waals surface area contributed by atoms with E-state index in [0.29, 0.717) is 19.8 Å². The predicted molar refractivity (Wildman–Crippen MR) is 105 cm³/mol. The molecule has 1 fully saturated rings. The van der Waals surface area contributed by atoms with Crippen molar-refractivity contribution < 1.29 is 14.3 Å². The molecule has 0 aromatic heterocycles. The highest BCUT2D eigenvalue weighted by Gasteiger charge is 2.39. The summed E-state index contributed by atoms with van der Waals surface area (Å²) in [6.45, 7) is 3.54. The number of benzene rings is 2. The molecule has 0 aliphatic carbocycles. The van der Waals surface area contributed by atoms with Crippen LogP contribution in [0.25, 0.3) is 5.57 Å². The molecule has 4 heteroatoms. The number of hydrogen-bond donors (Lipinski definition) is 0. The van der Waals surface area contributed by atoms with Gasteiger partial charge in [0.1, 0.15) is 6.61 Å². The summed E-state index contributed by atoms with van der Waals surface area (Å²) in [7, 11) is 0. The van der Waals surface area contributed by atoms with Crippen LogP contribution in [-0.2, 0) is 22.5 Å². The molecule has 0 N–H and O–H groups in total. The summed E-state index contributed by atoms with van der Waals surface area (Å²) in [4.78, 5) is 14.6. The van der Waals surface area contributed by atoms with Gasteiger partial charge in [-0.15, -0.1) is 0 Å². The summed E-state index contributed by atoms with van der Waals surface area (Å²) >= 11 is 0. The number of hydrogen-bond acceptors (Lipinski definition) is 3. The van der Waals surface area contributed by atoms with E-state index in [4.69, 9.17) is 9.47 Å². The molecule has 2 unspecified atom stereocenters. The second-order valence-electron chi connectivity index (χ2n) is 7.16. The van der Waals surface area contributed by atoms with Gasteiger partial charge in [0, 0.05) is 0 Å². The van der Waals surface area contributed by atoms with Crippen LogP contribution >= 0.6 is 0 Å². The largest absolute Gasteiger partial charge is 0.445 e. The maximum absolute atomic E-state index is 12.7. The van der Waals surface area contributed by atoms with Gasteiger partial charge in [0.05, 0.1) is 25.3 Å². The van der Waals surface area contributed by atoms with Crippen LogP contribution in [0, 0.1) is 0 Å². The van der Waals surface area contributed by atoms with E-state index in [1.807, 2.05) is 35.2 Å². The number of fused-ring (bicyclic) bond motifs is 2. The van der Waals surface area contributed by atoms with Crippen LogP contribution in [0.15, 0.2) is 60.7 Å². The van der Waals surface area contributed by atoms with E-state index in [0.717, 1.165) is 18.4 Å². The van der Waals surface area contributed by atoms with Crippen molar-refractivity contribution in [2.75, 3.05) is 13.2 Å². The predicted octanol–water partition coefficient (Wildman–Crippen LogP) is 4.44. The summed E-state index contributed by atoms with van der Waals surface area (Å²) < 4.78 is 11.3. The number of ether oxygens (including phenoxy) is 2. The van der Waals surface area contributed by atoms with Gasteiger partial charge in [0.2, 0.25) is 0 Å². The summed E-state index contributed by atoms with van der Waals surface area (Å²) in [6.07, 6.45) is 3.74. The molecule has 2 aromatic rings. The quantitative estimate of drug-likeness (QED) is 0.806. The third kappa shape index (κ3) is 3.91. The summed E-state index contributed by atoms with van der Waals surface area (Å²) in [5.74, 6) is 0. The molecule has 27 heavy (non-hydrogen) atoms. The molecule has 2 aliphatic heterocycles. The number of nitrogens with zero attached hydrogens (tertiary/aromatic N) is 1. The molecule has 2 aromatic carbocycles. The topological polar surface area (TPSA) is 38.8 Å². The second kappa shape index (κ2) is 7.97. The zero-order valence-electron chi connectivity index (χ0n) is 15.6. The van der Waals surface area contributed by atoms with Gasteiger partial charge in [0.25, 0.3) is 0 Å². The lowest BCUT2D eigenvalue weighted by Gasteiger charge is -2.43. The molecule has 2 atom stereocenters. The zero-order chi connectivity index (χ0) is 18.6. The van der Waals surface area contributed by atoms with Gasteiger partial charge in [-0.3, -0.25) is 4.90 Å². The van der Waals surface area contributed by atoms with Crippen LogP contribution in [0.5, 0.6) is 0 Å². The summed E-state index contributed by atoms with van der Waals surface area (Å²) in [6, 6.07) is 18.4. The summed E-state index contributed by atoms with van der Waals surface area (Å²) in [5.41, 5.74) is 4.88. The van der Waals surface area contributed by atoms with E-state index in [2.05, 4.69) is 37.3 Å². The van der Waals surface area contributed by atoms with Crippen LogP contribution in [0.2, 0.25) is 0 Å². The Kier molecular flexibility index (Phi) is 5.26.